The summed E-state index contributed by atoms with van der Waals surface area (Å²) >= 11 is 0. The molecule has 1 saturated heterocycles. The lowest BCUT2D eigenvalue weighted by molar-refractivity contribution is -0.198. The average molecular weight is 249 g/mol. The lowest BCUT2D eigenvalue weighted by Crippen LogP contribution is -2.32. The number of hydroxylamine groups is 2. The molecule has 1 heterocycles. The van der Waals surface area contributed by atoms with Crippen molar-refractivity contribution in [2.45, 2.75) is 32.1 Å². The molecule has 96 valence electrons. The molecule has 2 fully saturated rings. The molecule has 18 heavy (non-hydrogen) atoms. The van der Waals surface area contributed by atoms with Gasteiger partial charge < -0.3 is 4.84 Å². The molecule has 1 aliphatic heterocycles. The first-order valence-corrected chi connectivity index (χ1v) is 6.38. The SMILES string of the molecule is O=C(C[C@@H]1C[C@H]2C=C[C@@H]1C2)ON1C(=O)CCC1=O. The predicted molar refractivity (Wildman–Crippen MR) is 60.6 cm³/mol. The Hall–Kier alpha value is -1.65. The Balaban J connectivity index is 1.55. The van der Waals surface area contributed by atoms with E-state index < -0.39 is 17.8 Å². The highest BCUT2D eigenvalue weighted by molar-refractivity contribution is 6.01. The molecule has 0 radical (unpaired) electrons. The Morgan fingerprint density at radius 1 is 1.22 bits per heavy atom. The number of amides is 2. The van der Waals surface area contributed by atoms with Crippen LogP contribution in [-0.4, -0.2) is 22.8 Å². The van der Waals surface area contributed by atoms with Crippen molar-refractivity contribution in [3.63, 3.8) is 0 Å². The summed E-state index contributed by atoms with van der Waals surface area (Å²) in [7, 11) is 0. The van der Waals surface area contributed by atoms with Gasteiger partial charge in [0, 0.05) is 12.8 Å². The Morgan fingerprint density at radius 2 is 1.94 bits per heavy atom. The molecule has 0 spiro atoms. The van der Waals surface area contributed by atoms with E-state index in [0.29, 0.717) is 29.2 Å². The number of imide groups is 1. The zero-order valence-electron chi connectivity index (χ0n) is 10.0. The van der Waals surface area contributed by atoms with Crippen molar-refractivity contribution in [2.24, 2.45) is 17.8 Å². The van der Waals surface area contributed by atoms with Gasteiger partial charge in [-0.25, -0.2) is 4.79 Å². The second-order valence-electron chi connectivity index (χ2n) is 5.29. The molecule has 1 saturated carbocycles. The first-order valence-electron chi connectivity index (χ1n) is 6.38. The third kappa shape index (κ3) is 1.94. The van der Waals surface area contributed by atoms with Crippen molar-refractivity contribution in [3.8, 4) is 0 Å². The minimum absolute atomic E-state index is 0.142. The average Bonchev–Trinajstić information content (AvgIpc) is 3.00. The summed E-state index contributed by atoms with van der Waals surface area (Å²) in [5, 5.41) is 0.630. The molecule has 0 aromatic carbocycles. The van der Waals surface area contributed by atoms with E-state index in [0.717, 1.165) is 12.8 Å². The van der Waals surface area contributed by atoms with Crippen molar-refractivity contribution in [2.75, 3.05) is 0 Å². The van der Waals surface area contributed by atoms with E-state index in [1.807, 2.05) is 0 Å². The summed E-state index contributed by atoms with van der Waals surface area (Å²) in [6.45, 7) is 0. The lowest BCUT2D eigenvalue weighted by atomic mass is 9.91. The van der Waals surface area contributed by atoms with Crippen molar-refractivity contribution >= 4 is 17.8 Å². The maximum atomic E-state index is 11.7. The number of hydrogen-bond donors (Lipinski definition) is 0. The van der Waals surface area contributed by atoms with Gasteiger partial charge >= 0.3 is 5.97 Å². The first-order chi connectivity index (χ1) is 8.63. The fraction of sp³-hybridized carbons (Fsp3) is 0.615. The maximum Gasteiger partial charge on any atom is 0.333 e. The molecule has 2 amide bonds. The summed E-state index contributed by atoms with van der Waals surface area (Å²) < 4.78 is 0. The molecule has 3 aliphatic rings. The van der Waals surface area contributed by atoms with E-state index in [1.54, 1.807) is 0 Å². The second-order valence-corrected chi connectivity index (χ2v) is 5.29. The van der Waals surface area contributed by atoms with Crippen molar-refractivity contribution in [3.05, 3.63) is 12.2 Å². The number of nitrogens with zero attached hydrogens (tertiary/aromatic N) is 1. The fourth-order valence-corrected chi connectivity index (χ4v) is 3.14. The quantitative estimate of drug-likeness (QED) is 0.557. The molecular formula is C13H15NO4. The first kappa shape index (κ1) is 11.4. The van der Waals surface area contributed by atoms with Gasteiger partial charge in [-0.05, 0) is 30.6 Å². The molecule has 0 aromatic rings. The molecule has 5 nitrogen and oxygen atoms in total. The smallest absolute Gasteiger partial charge is 0.330 e. The summed E-state index contributed by atoms with van der Waals surface area (Å²) in [5.41, 5.74) is 0. The largest absolute Gasteiger partial charge is 0.333 e. The number of hydrogen-bond acceptors (Lipinski definition) is 4. The molecule has 0 unspecified atom stereocenters. The van der Waals surface area contributed by atoms with Crippen LogP contribution in [0.4, 0.5) is 0 Å². The van der Waals surface area contributed by atoms with E-state index in [2.05, 4.69) is 12.2 Å². The normalized spacial score (nSPS) is 33.6. The van der Waals surface area contributed by atoms with Crippen LogP contribution in [0.1, 0.15) is 32.1 Å². The van der Waals surface area contributed by atoms with Gasteiger partial charge in [0.15, 0.2) is 0 Å². The number of carbonyl (C=O) groups is 3. The third-order valence-corrected chi connectivity index (χ3v) is 4.04. The van der Waals surface area contributed by atoms with Gasteiger partial charge in [0.1, 0.15) is 0 Å². The van der Waals surface area contributed by atoms with Gasteiger partial charge in [0.05, 0.1) is 6.42 Å². The number of rotatable bonds is 3. The minimum atomic E-state index is -0.468. The zero-order valence-corrected chi connectivity index (χ0v) is 10.0. The summed E-state index contributed by atoms with van der Waals surface area (Å²) in [6.07, 6.45) is 7.09. The van der Waals surface area contributed by atoms with E-state index in [9.17, 15) is 14.4 Å². The summed E-state index contributed by atoms with van der Waals surface area (Å²) in [6, 6.07) is 0. The molecule has 0 aromatic heterocycles. The van der Waals surface area contributed by atoms with Crippen LogP contribution in [0.5, 0.6) is 0 Å². The van der Waals surface area contributed by atoms with Crippen LogP contribution in [0.3, 0.4) is 0 Å². The fourth-order valence-electron chi connectivity index (χ4n) is 3.14. The molecule has 2 bridgehead atoms. The van der Waals surface area contributed by atoms with Gasteiger partial charge in [-0.2, -0.15) is 0 Å². The van der Waals surface area contributed by atoms with Crippen molar-refractivity contribution < 1.29 is 19.2 Å². The third-order valence-electron chi connectivity index (χ3n) is 4.04. The standard InChI is InChI=1S/C13H15NO4/c15-11-3-4-12(16)14(11)18-13(17)7-10-6-8-1-2-9(10)5-8/h1-2,8-10H,3-7H2/t8-,9+,10-/m0/s1. The van der Waals surface area contributed by atoms with Gasteiger partial charge in [-0.1, -0.05) is 12.2 Å². The van der Waals surface area contributed by atoms with Crippen LogP contribution in [0, 0.1) is 17.8 Å². The second kappa shape index (κ2) is 4.23. The highest BCUT2D eigenvalue weighted by atomic mass is 16.7. The van der Waals surface area contributed by atoms with Gasteiger partial charge in [0.25, 0.3) is 11.8 Å². The minimum Gasteiger partial charge on any atom is -0.330 e. The number of fused-ring (bicyclic) bond motifs is 2. The number of allylic oxidation sites excluding steroid dienone is 2. The Bertz CT molecular complexity index is 426. The van der Waals surface area contributed by atoms with Gasteiger partial charge in [-0.15, -0.1) is 5.06 Å². The van der Waals surface area contributed by atoms with E-state index in [-0.39, 0.29) is 12.8 Å². The van der Waals surface area contributed by atoms with E-state index in [1.165, 1.54) is 0 Å². The van der Waals surface area contributed by atoms with E-state index in [4.69, 9.17) is 4.84 Å². The Kier molecular flexibility index (Phi) is 2.69. The van der Waals surface area contributed by atoms with E-state index >= 15 is 0 Å². The van der Waals surface area contributed by atoms with Crippen LogP contribution in [0.15, 0.2) is 12.2 Å². The molecule has 5 heteroatoms. The topological polar surface area (TPSA) is 63.7 Å². The zero-order chi connectivity index (χ0) is 12.7. The van der Waals surface area contributed by atoms with Crippen LogP contribution in [-0.2, 0) is 19.2 Å². The Morgan fingerprint density at radius 3 is 2.50 bits per heavy atom. The predicted octanol–water partition coefficient (Wildman–Crippen LogP) is 1.20. The van der Waals surface area contributed by atoms with Gasteiger partial charge in [-0.3, -0.25) is 9.59 Å². The van der Waals surface area contributed by atoms with Crippen LogP contribution >= 0.6 is 0 Å². The molecular weight excluding hydrogens is 234 g/mol. The summed E-state index contributed by atoms with van der Waals surface area (Å²) in [5.74, 6) is 0.0719. The van der Waals surface area contributed by atoms with Crippen molar-refractivity contribution in [1.82, 2.24) is 5.06 Å². The molecule has 3 rings (SSSR count). The molecule has 2 aliphatic carbocycles. The van der Waals surface area contributed by atoms with Crippen molar-refractivity contribution in [1.29, 1.82) is 0 Å². The monoisotopic (exact) mass is 249 g/mol. The summed E-state index contributed by atoms with van der Waals surface area (Å²) in [4.78, 5) is 39.2. The van der Waals surface area contributed by atoms with Gasteiger partial charge in [0.2, 0.25) is 0 Å². The van der Waals surface area contributed by atoms with Crippen LogP contribution in [0.25, 0.3) is 0 Å². The molecule has 0 N–H and O–H groups in total. The lowest BCUT2D eigenvalue weighted by Gasteiger charge is -2.18. The Labute approximate surface area is 105 Å². The van der Waals surface area contributed by atoms with Crippen LogP contribution < -0.4 is 0 Å². The van der Waals surface area contributed by atoms with Crippen LogP contribution in [0.2, 0.25) is 0 Å². The maximum absolute atomic E-state index is 11.7. The molecule has 3 atom stereocenters. The number of carbonyl (C=O) groups excluding carboxylic acids is 3. The highest BCUT2D eigenvalue weighted by Gasteiger charge is 2.38. The highest BCUT2D eigenvalue weighted by Crippen LogP contribution is 2.45.